The Kier molecular flexibility index (Phi) is 4.94. The van der Waals surface area contributed by atoms with E-state index >= 15 is 0 Å². The molecule has 114 valence electrons. The van der Waals surface area contributed by atoms with Crippen LogP contribution in [-0.2, 0) is 0 Å². The lowest BCUT2D eigenvalue weighted by molar-refractivity contribution is 0.0922. The number of rotatable bonds is 4. The van der Waals surface area contributed by atoms with Gasteiger partial charge in [0.1, 0.15) is 0 Å². The van der Waals surface area contributed by atoms with Crippen molar-refractivity contribution in [2.75, 3.05) is 0 Å². The van der Waals surface area contributed by atoms with Gasteiger partial charge in [-0.15, -0.1) is 0 Å². The van der Waals surface area contributed by atoms with Crippen molar-refractivity contribution in [1.82, 2.24) is 5.32 Å². The van der Waals surface area contributed by atoms with Crippen molar-refractivity contribution < 1.29 is 4.79 Å². The molecular formula is C19H20BrNO. The molecule has 2 aromatic carbocycles. The summed E-state index contributed by atoms with van der Waals surface area (Å²) in [6, 6.07) is 18.0. The van der Waals surface area contributed by atoms with Crippen LogP contribution in [0.15, 0.2) is 59.1 Å². The van der Waals surface area contributed by atoms with Gasteiger partial charge in [-0.05, 0) is 48.6 Å². The predicted molar refractivity (Wildman–Crippen MR) is 92.7 cm³/mol. The van der Waals surface area contributed by atoms with Crippen molar-refractivity contribution >= 4 is 21.8 Å². The smallest absolute Gasteiger partial charge is 0.251 e. The molecule has 0 radical (unpaired) electrons. The maximum atomic E-state index is 12.6. The van der Waals surface area contributed by atoms with E-state index < -0.39 is 0 Å². The lowest BCUT2D eigenvalue weighted by Crippen LogP contribution is -2.32. The molecule has 0 saturated heterocycles. The SMILES string of the molecule is O=C(NC(c1ccccc1)C1CCCC1)c1ccc(Br)cc1. The van der Waals surface area contributed by atoms with Crippen LogP contribution in [0, 0.1) is 5.92 Å². The fourth-order valence-electron chi connectivity index (χ4n) is 3.25. The van der Waals surface area contributed by atoms with Gasteiger partial charge in [0.15, 0.2) is 0 Å². The minimum Gasteiger partial charge on any atom is -0.345 e. The van der Waals surface area contributed by atoms with Crippen LogP contribution in [0.5, 0.6) is 0 Å². The van der Waals surface area contributed by atoms with Crippen LogP contribution < -0.4 is 5.32 Å². The number of carbonyl (C=O) groups excluding carboxylic acids is 1. The number of carbonyl (C=O) groups is 1. The fourth-order valence-corrected chi connectivity index (χ4v) is 3.51. The average molecular weight is 358 g/mol. The second kappa shape index (κ2) is 7.10. The molecule has 22 heavy (non-hydrogen) atoms. The van der Waals surface area contributed by atoms with Gasteiger partial charge in [-0.1, -0.05) is 59.1 Å². The van der Waals surface area contributed by atoms with Crippen LogP contribution in [0.2, 0.25) is 0 Å². The van der Waals surface area contributed by atoms with Gasteiger partial charge in [0, 0.05) is 10.0 Å². The molecular weight excluding hydrogens is 338 g/mol. The maximum Gasteiger partial charge on any atom is 0.251 e. The Hall–Kier alpha value is -1.61. The van der Waals surface area contributed by atoms with Gasteiger partial charge in [-0.3, -0.25) is 4.79 Å². The summed E-state index contributed by atoms with van der Waals surface area (Å²) >= 11 is 3.40. The van der Waals surface area contributed by atoms with Crippen LogP contribution in [0.1, 0.15) is 47.6 Å². The zero-order valence-corrected chi connectivity index (χ0v) is 14.1. The molecule has 1 atom stereocenters. The number of hydrogen-bond donors (Lipinski definition) is 1. The van der Waals surface area contributed by atoms with Gasteiger partial charge < -0.3 is 5.32 Å². The van der Waals surface area contributed by atoms with Crippen LogP contribution in [0.4, 0.5) is 0 Å². The van der Waals surface area contributed by atoms with Crippen molar-refractivity contribution in [1.29, 1.82) is 0 Å². The summed E-state index contributed by atoms with van der Waals surface area (Å²) in [5.74, 6) is 0.551. The third-order valence-corrected chi connectivity index (χ3v) is 4.95. The van der Waals surface area contributed by atoms with E-state index in [1.807, 2.05) is 42.5 Å². The first-order valence-corrected chi connectivity index (χ1v) is 8.65. The van der Waals surface area contributed by atoms with Crippen molar-refractivity contribution in [2.45, 2.75) is 31.7 Å². The van der Waals surface area contributed by atoms with Crippen LogP contribution >= 0.6 is 15.9 Å². The quantitative estimate of drug-likeness (QED) is 0.809. The first-order chi connectivity index (χ1) is 10.7. The van der Waals surface area contributed by atoms with Crippen molar-refractivity contribution in [2.24, 2.45) is 5.92 Å². The molecule has 2 aromatic rings. The summed E-state index contributed by atoms with van der Waals surface area (Å²) in [6.45, 7) is 0. The Morgan fingerprint density at radius 1 is 1.00 bits per heavy atom. The van der Waals surface area contributed by atoms with Crippen LogP contribution in [0.3, 0.4) is 0 Å². The summed E-state index contributed by atoms with van der Waals surface area (Å²) in [4.78, 5) is 12.6. The first-order valence-electron chi connectivity index (χ1n) is 7.85. The molecule has 0 heterocycles. The molecule has 3 rings (SSSR count). The van der Waals surface area contributed by atoms with E-state index in [1.165, 1.54) is 31.2 Å². The van der Waals surface area contributed by atoms with Gasteiger partial charge in [0.25, 0.3) is 5.91 Å². The Morgan fingerprint density at radius 2 is 1.64 bits per heavy atom. The van der Waals surface area contributed by atoms with Crippen LogP contribution in [0.25, 0.3) is 0 Å². The molecule has 0 spiro atoms. The van der Waals surface area contributed by atoms with E-state index in [1.54, 1.807) is 0 Å². The summed E-state index contributed by atoms with van der Waals surface area (Å²) in [6.07, 6.45) is 4.92. The first kappa shape index (κ1) is 15.3. The Morgan fingerprint density at radius 3 is 2.27 bits per heavy atom. The number of amides is 1. The Bertz CT molecular complexity index is 618. The van der Waals surface area contributed by atoms with E-state index in [2.05, 4.69) is 33.4 Å². The van der Waals surface area contributed by atoms with E-state index in [-0.39, 0.29) is 11.9 Å². The molecule has 2 nitrogen and oxygen atoms in total. The maximum absolute atomic E-state index is 12.6. The third kappa shape index (κ3) is 3.58. The molecule has 0 bridgehead atoms. The highest BCUT2D eigenvalue weighted by molar-refractivity contribution is 9.10. The minimum atomic E-state index is 0.00764. The van der Waals surface area contributed by atoms with Gasteiger partial charge in [0.05, 0.1) is 6.04 Å². The highest BCUT2D eigenvalue weighted by atomic mass is 79.9. The van der Waals surface area contributed by atoms with Crippen molar-refractivity contribution in [3.05, 3.63) is 70.2 Å². The van der Waals surface area contributed by atoms with Crippen molar-refractivity contribution in [3.8, 4) is 0 Å². The molecule has 0 aliphatic heterocycles. The standard InChI is InChI=1S/C19H20BrNO/c20-17-12-10-16(11-13-17)19(22)21-18(15-8-4-5-9-15)14-6-2-1-3-7-14/h1-3,6-7,10-13,15,18H,4-5,8-9H2,(H,21,22). The second-order valence-electron chi connectivity index (χ2n) is 5.91. The molecule has 1 N–H and O–H groups in total. The lowest BCUT2D eigenvalue weighted by atomic mass is 9.91. The topological polar surface area (TPSA) is 29.1 Å². The number of nitrogens with one attached hydrogen (secondary N) is 1. The number of hydrogen-bond acceptors (Lipinski definition) is 1. The predicted octanol–water partition coefficient (Wildman–Crippen LogP) is 5.11. The lowest BCUT2D eigenvalue weighted by Gasteiger charge is -2.25. The number of benzene rings is 2. The summed E-state index contributed by atoms with van der Waals surface area (Å²) < 4.78 is 0.986. The zero-order valence-electron chi connectivity index (χ0n) is 12.5. The van der Waals surface area contributed by atoms with E-state index in [9.17, 15) is 4.79 Å². The molecule has 1 aliphatic rings. The Labute approximate surface area is 140 Å². The largest absolute Gasteiger partial charge is 0.345 e. The van der Waals surface area contributed by atoms with Crippen molar-refractivity contribution in [3.63, 3.8) is 0 Å². The summed E-state index contributed by atoms with van der Waals surface area (Å²) in [5, 5.41) is 3.26. The molecule has 3 heteroatoms. The van der Waals surface area contributed by atoms with Gasteiger partial charge in [0.2, 0.25) is 0 Å². The van der Waals surface area contributed by atoms with E-state index in [4.69, 9.17) is 0 Å². The Balaban J connectivity index is 1.80. The van der Waals surface area contributed by atoms with Gasteiger partial charge >= 0.3 is 0 Å². The fraction of sp³-hybridized carbons (Fsp3) is 0.316. The number of halogens is 1. The molecule has 0 aromatic heterocycles. The highest BCUT2D eigenvalue weighted by Crippen LogP contribution is 2.35. The molecule has 1 fully saturated rings. The van der Waals surface area contributed by atoms with Gasteiger partial charge in [-0.25, -0.2) is 0 Å². The summed E-state index contributed by atoms with van der Waals surface area (Å²) in [7, 11) is 0. The highest BCUT2D eigenvalue weighted by Gasteiger charge is 2.27. The normalized spacial score (nSPS) is 16.4. The van der Waals surface area contributed by atoms with E-state index in [0.29, 0.717) is 11.5 Å². The monoisotopic (exact) mass is 357 g/mol. The summed E-state index contributed by atoms with van der Waals surface area (Å²) in [5.41, 5.74) is 1.92. The zero-order chi connectivity index (χ0) is 15.4. The second-order valence-corrected chi connectivity index (χ2v) is 6.83. The van der Waals surface area contributed by atoms with Gasteiger partial charge in [-0.2, -0.15) is 0 Å². The molecule has 1 aliphatic carbocycles. The third-order valence-electron chi connectivity index (χ3n) is 4.42. The minimum absolute atomic E-state index is 0.00764. The van der Waals surface area contributed by atoms with Crippen LogP contribution in [-0.4, -0.2) is 5.91 Å². The average Bonchev–Trinajstić information content (AvgIpc) is 3.08. The molecule has 1 saturated carbocycles. The van der Waals surface area contributed by atoms with E-state index in [0.717, 1.165) is 4.47 Å². The molecule has 1 amide bonds. The molecule has 1 unspecified atom stereocenters.